The summed E-state index contributed by atoms with van der Waals surface area (Å²) in [5.41, 5.74) is 0. The van der Waals surface area contributed by atoms with Gasteiger partial charge in [-0.1, -0.05) is 39.0 Å². The van der Waals surface area contributed by atoms with E-state index < -0.39 is 4.25 Å². The molecule has 0 aliphatic rings. The Hall–Kier alpha value is -1.18. The maximum absolute atomic E-state index is 2.94. The molecule has 208 valence electrons. The van der Waals surface area contributed by atoms with Crippen LogP contribution in [0.5, 0.6) is 0 Å². The Labute approximate surface area is 247 Å². The fourth-order valence-electron chi connectivity index (χ4n) is 6.01. The summed E-state index contributed by atoms with van der Waals surface area (Å²) in [5.74, 6) is 0. The molecule has 0 saturated carbocycles. The van der Waals surface area contributed by atoms with Gasteiger partial charge in [0.25, 0.3) is 0 Å². The van der Waals surface area contributed by atoms with Crippen molar-refractivity contribution in [2.45, 2.75) is 110 Å². The van der Waals surface area contributed by atoms with E-state index >= 15 is 0 Å². The van der Waals surface area contributed by atoms with Crippen molar-refractivity contribution in [1.29, 1.82) is 0 Å². The molecule has 0 unspecified atom stereocenters. The van der Waals surface area contributed by atoms with Gasteiger partial charge in [-0.05, 0) is 0 Å². The van der Waals surface area contributed by atoms with Crippen molar-refractivity contribution in [2.24, 2.45) is 0 Å². The van der Waals surface area contributed by atoms with E-state index in [2.05, 4.69) is 120 Å². The summed E-state index contributed by atoms with van der Waals surface area (Å²) in [6.07, 6.45) is 23.9. The van der Waals surface area contributed by atoms with E-state index in [9.17, 15) is 0 Å². The Balaban J connectivity index is 1.47. The Morgan fingerprint density at radius 2 is 0.658 bits per heavy atom. The van der Waals surface area contributed by atoms with Gasteiger partial charge < -0.3 is 0 Å². The SMILES string of the molecule is CCCCCCCCCCCCCCCCCCP(I)(c1ccccc1)(c1ccccc1)c1ccccc1. The minimum atomic E-state index is -2.58. The van der Waals surface area contributed by atoms with Gasteiger partial charge in [-0.2, -0.15) is 0 Å². The first kappa shape index (κ1) is 31.3. The third-order valence-corrected chi connectivity index (χ3v) is 20.1. The fourth-order valence-corrected chi connectivity index (χ4v) is 14.8. The molecule has 3 aromatic carbocycles. The molecule has 3 aromatic rings. The molecule has 2 heteroatoms. The second-order valence-corrected chi connectivity index (χ2v) is 22.0. The molecule has 0 atom stereocenters. The Morgan fingerprint density at radius 3 is 0.947 bits per heavy atom. The van der Waals surface area contributed by atoms with E-state index in [0.29, 0.717) is 0 Å². The third-order valence-electron chi connectivity index (χ3n) is 8.32. The quantitative estimate of drug-likeness (QED) is 0.0654. The Kier molecular flexibility index (Phi) is 14.4. The molecule has 0 aromatic heterocycles. The number of rotatable bonds is 20. The standard InChI is InChI=1S/C36H52IP/c1-2-3-4-5-6-7-8-9-10-11-12-13-14-15-16-26-33-38(37,34-27-20-17-21-28-34,35-29-22-18-23-30-35)36-31-24-19-25-32-36/h17-25,27-32H,2-16,26,33H2,1H3. The van der Waals surface area contributed by atoms with Crippen molar-refractivity contribution in [3.63, 3.8) is 0 Å². The zero-order valence-corrected chi connectivity index (χ0v) is 27.1. The van der Waals surface area contributed by atoms with Gasteiger partial charge in [0.2, 0.25) is 0 Å². The van der Waals surface area contributed by atoms with Gasteiger partial charge in [0.1, 0.15) is 0 Å². The van der Waals surface area contributed by atoms with Crippen LogP contribution in [-0.4, -0.2) is 6.16 Å². The average molecular weight is 643 g/mol. The molecule has 3 rings (SSSR count). The Bertz CT molecular complexity index is 886. The van der Waals surface area contributed by atoms with Gasteiger partial charge in [-0.15, -0.1) is 0 Å². The van der Waals surface area contributed by atoms with Crippen molar-refractivity contribution in [1.82, 2.24) is 0 Å². The first-order chi connectivity index (χ1) is 18.7. The molecule has 0 radical (unpaired) electrons. The molecule has 0 saturated heterocycles. The first-order valence-corrected chi connectivity index (χ1v) is 20.8. The van der Waals surface area contributed by atoms with E-state index in [-0.39, 0.29) is 0 Å². The fraction of sp³-hybridized carbons (Fsp3) is 0.500. The van der Waals surface area contributed by atoms with Crippen LogP contribution in [0.1, 0.15) is 110 Å². The predicted octanol–water partition coefficient (Wildman–Crippen LogP) is 11.1. The maximum atomic E-state index is 2.94. The van der Waals surface area contributed by atoms with Crippen molar-refractivity contribution in [2.75, 3.05) is 6.16 Å². The van der Waals surface area contributed by atoms with Crippen molar-refractivity contribution in [3.8, 4) is 0 Å². The second-order valence-electron chi connectivity index (χ2n) is 11.2. The number of unbranched alkanes of at least 4 members (excludes halogenated alkanes) is 15. The summed E-state index contributed by atoms with van der Waals surface area (Å²) in [5, 5.41) is 4.53. The molecular weight excluding hydrogens is 590 g/mol. The Morgan fingerprint density at radius 1 is 0.395 bits per heavy atom. The molecule has 0 heterocycles. The molecule has 0 bridgehead atoms. The van der Waals surface area contributed by atoms with E-state index in [4.69, 9.17) is 0 Å². The van der Waals surface area contributed by atoms with Crippen LogP contribution >= 0.6 is 26.3 Å². The zero-order valence-electron chi connectivity index (χ0n) is 24.0. The van der Waals surface area contributed by atoms with Crippen molar-refractivity contribution >= 4 is 42.2 Å². The van der Waals surface area contributed by atoms with Gasteiger partial charge >= 0.3 is 210 Å². The summed E-state index contributed by atoms with van der Waals surface area (Å²) in [7, 11) is 0. The van der Waals surface area contributed by atoms with E-state index in [1.807, 2.05) is 0 Å². The van der Waals surface area contributed by atoms with Gasteiger partial charge in [0.05, 0.1) is 0 Å². The molecule has 38 heavy (non-hydrogen) atoms. The van der Waals surface area contributed by atoms with Crippen LogP contribution in [0.25, 0.3) is 0 Å². The van der Waals surface area contributed by atoms with Crippen LogP contribution < -0.4 is 15.9 Å². The molecular formula is C36H52IP. The van der Waals surface area contributed by atoms with Crippen LogP contribution in [0.4, 0.5) is 0 Å². The van der Waals surface area contributed by atoms with Gasteiger partial charge in [-0.25, -0.2) is 0 Å². The summed E-state index contributed by atoms with van der Waals surface area (Å²) < 4.78 is -2.58. The van der Waals surface area contributed by atoms with Crippen LogP contribution in [0.2, 0.25) is 0 Å². The average Bonchev–Trinajstić information content (AvgIpc) is 2.98. The van der Waals surface area contributed by atoms with Gasteiger partial charge in [-0.3, -0.25) is 0 Å². The van der Waals surface area contributed by atoms with Gasteiger partial charge in [0.15, 0.2) is 0 Å². The van der Waals surface area contributed by atoms with Crippen molar-refractivity contribution < 1.29 is 0 Å². The number of hydrogen-bond acceptors (Lipinski definition) is 0. The molecule has 0 N–H and O–H groups in total. The topological polar surface area (TPSA) is 0 Å². The van der Waals surface area contributed by atoms with Crippen molar-refractivity contribution in [3.05, 3.63) is 91.0 Å². The second kappa shape index (κ2) is 17.5. The summed E-state index contributed by atoms with van der Waals surface area (Å²) in [4.78, 5) is 0. The molecule has 0 spiro atoms. The van der Waals surface area contributed by atoms with Crippen LogP contribution in [0.3, 0.4) is 0 Å². The third kappa shape index (κ3) is 8.92. The van der Waals surface area contributed by atoms with Gasteiger partial charge in [0, 0.05) is 0 Å². The minimum absolute atomic E-state index is 1.24. The monoisotopic (exact) mass is 642 g/mol. The summed E-state index contributed by atoms with van der Waals surface area (Å²) in [6, 6.07) is 34.2. The molecule has 0 fully saturated rings. The molecule has 0 aliphatic carbocycles. The number of halogens is 1. The number of benzene rings is 3. The van der Waals surface area contributed by atoms with E-state index in [0.717, 1.165) is 0 Å². The zero-order chi connectivity index (χ0) is 26.8. The van der Waals surface area contributed by atoms with E-state index in [1.54, 1.807) is 0 Å². The number of hydrogen-bond donors (Lipinski definition) is 0. The van der Waals surface area contributed by atoms with Crippen LogP contribution in [0.15, 0.2) is 91.0 Å². The molecule has 0 amide bonds. The predicted molar refractivity (Wildman–Crippen MR) is 184 cm³/mol. The van der Waals surface area contributed by atoms with E-state index in [1.165, 1.54) is 125 Å². The van der Waals surface area contributed by atoms with Crippen LogP contribution in [0, 0.1) is 0 Å². The summed E-state index contributed by atoms with van der Waals surface area (Å²) >= 11 is 2.94. The van der Waals surface area contributed by atoms with Crippen LogP contribution in [-0.2, 0) is 0 Å². The summed E-state index contributed by atoms with van der Waals surface area (Å²) in [6.45, 7) is 2.30. The first-order valence-electron chi connectivity index (χ1n) is 15.6. The normalized spacial score (nSPS) is 12.7. The molecule has 0 nitrogen and oxygen atoms in total. The molecule has 0 aliphatic heterocycles.